The molecule has 19 heavy (non-hydrogen) atoms. The summed E-state index contributed by atoms with van der Waals surface area (Å²) in [6.45, 7) is 1.19. The van der Waals surface area contributed by atoms with Gasteiger partial charge in [0.25, 0.3) is 0 Å². The van der Waals surface area contributed by atoms with Crippen molar-refractivity contribution in [2.24, 2.45) is 0 Å². The van der Waals surface area contributed by atoms with Crippen molar-refractivity contribution in [2.45, 2.75) is 18.7 Å². The van der Waals surface area contributed by atoms with Crippen LogP contribution in [-0.4, -0.2) is 33.0 Å². The summed E-state index contributed by atoms with van der Waals surface area (Å²) in [5.74, 6) is -2.36. The highest BCUT2D eigenvalue weighted by molar-refractivity contribution is 7.84. The molecule has 1 amide bonds. The Balaban J connectivity index is 2.62. The van der Waals surface area contributed by atoms with Gasteiger partial charge >= 0.3 is 5.97 Å². The summed E-state index contributed by atoms with van der Waals surface area (Å²) in [7, 11) is -1.51. The molecule has 0 aliphatic carbocycles. The van der Waals surface area contributed by atoms with E-state index in [1.54, 1.807) is 6.07 Å². The number of nitrogens with one attached hydrogen (secondary N) is 1. The summed E-state index contributed by atoms with van der Waals surface area (Å²) < 4.78 is 24.7. The van der Waals surface area contributed by atoms with Crippen molar-refractivity contribution in [3.05, 3.63) is 35.6 Å². The van der Waals surface area contributed by atoms with Crippen LogP contribution >= 0.6 is 0 Å². The number of carbonyl (C=O) groups excluding carboxylic acids is 1. The van der Waals surface area contributed by atoms with Crippen LogP contribution in [0.15, 0.2) is 24.3 Å². The minimum absolute atomic E-state index is 0.0428. The third-order valence-corrected chi connectivity index (χ3v) is 3.61. The number of benzene rings is 1. The van der Waals surface area contributed by atoms with Crippen molar-refractivity contribution in [3.63, 3.8) is 0 Å². The molecule has 5 nitrogen and oxygen atoms in total. The van der Waals surface area contributed by atoms with Gasteiger partial charge in [-0.05, 0) is 17.7 Å². The van der Waals surface area contributed by atoms with E-state index in [4.69, 9.17) is 5.11 Å². The molecule has 0 bridgehead atoms. The van der Waals surface area contributed by atoms with Crippen LogP contribution in [0.5, 0.6) is 0 Å². The van der Waals surface area contributed by atoms with Gasteiger partial charge < -0.3 is 10.4 Å². The Morgan fingerprint density at radius 1 is 1.47 bits per heavy atom. The molecule has 1 unspecified atom stereocenters. The molecule has 2 atom stereocenters. The molecule has 0 radical (unpaired) electrons. The maximum atomic E-state index is 12.9. The van der Waals surface area contributed by atoms with E-state index < -0.39 is 34.5 Å². The topological polar surface area (TPSA) is 83.5 Å². The molecular weight excluding hydrogens is 273 g/mol. The van der Waals surface area contributed by atoms with Crippen LogP contribution in [0.1, 0.15) is 12.5 Å². The fraction of sp³-hybridized carbons (Fsp3) is 0.333. The first-order valence-electron chi connectivity index (χ1n) is 5.48. The molecular formula is C12H14FNO4S. The molecule has 0 aromatic heterocycles. The van der Waals surface area contributed by atoms with Gasteiger partial charge in [0.15, 0.2) is 0 Å². The smallest absolute Gasteiger partial charge is 0.327 e. The van der Waals surface area contributed by atoms with Crippen molar-refractivity contribution in [1.82, 2.24) is 5.32 Å². The summed E-state index contributed by atoms with van der Waals surface area (Å²) in [6.07, 6.45) is 0. The van der Waals surface area contributed by atoms with Crippen LogP contribution in [0.4, 0.5) is 4.39 Å². The molecule has 0 spiro atoms. The molecule has 1 aromatic rings. The molecule has 2 N–H and O–H groups in total. The Kier molecular flexibility index (Phi) is 5.62. The Morgan fingerprint density at radius 2 is 2.16 bits per heavy atom. The summed E-state index contributed by atoms with van der Waals surface area (Å²) >= 11 is 0. The molecule has 104 valence electrons. The van der Waals surface area contributed by atoms with E-state index in [0.29, 0.717) is 5.56 Å². The lowest BCUT2D eigenvalue weighted by atomic mass is 10.2. The molecule has 1 aromatic carbocycles. The van der Waals surface area contributed by atoms with E-state index in [0.717, 1.165) is 0 Å². The van der Waals surface area contributed by atoms with Gasteiger partial charge in [0.05, 0.1) is 5.75 Å². The molecule has 0 fully saturated rings. The van der Waals surface area contributed by atoms with E-state index in [1.165, 1.54) is 25.1 Å². The zero-order valence-corrected chi connectivity index (χ0v) is 11.1. The highest BCUT2D eigenvalue weighted by atomic mass is 32.2. The molecule has 0 saturated heterocycles. The fourth-order valence-electron chi connectivity index (χ4n) is 1.48. The standard InChI is InChI=1S/C12H14FNO4S/c1-8(15)14-11(12(16)17)7-19(18)6-9-3-2-4-10(13)5-9/h2-5,11H,6-7H2,1H3,(H,14,15)(H,16,17)/t11-,19?/m0/s1. The Morgan fingerprint density at radius 3 is 2.68 bits per heavy atom. The molecule has 1 rings (SSSR count). The fourth-order valence-corrected chi connectivity index (χ4v) is 2.74. The Bertz CT molecular complexity index is 506. The first kappa shape index (κ1) is 15.3. The number of carboxylic acids is 1. The average molecular weight is 287 g/mol. The summed E-state index contributed by atoms with van der Waals surface area (Å²) in [6, 6.07) is 4.40. The number of carboxylic acid groups (broad SMARTS) is 1. The van der Waals surface area contributed by atoms with Gasteiger partial charge in [0.1, 0.15) is 11.9 Å². The predicted molar refractivity (Wildman–Crippen MR) is 68.4 cm³/mol. The molecule has 7 heteroatoms. The predicted octanol–water partition coefficient (Wildman–Crippen LogP) is 0.664. The zero-order valence-electron chi connectivity index (χ0n) is 10.3. The third kappa shape index (κ3) is 5.60. The number of hydrogen-bond donors (Lipinski definition) is 2. The quantitative estimate of drug-likeness (QED) is 0.805. The first-order valence-corrected chi connectivity index (χ1v) is 6.96. The molecule has 0 aliphatic rings. The van der Waals surface area contributed by atoms with E-state index in [1.807, 2.05) is 0 Å². The largest absolute Gasteiger partial charge is 0.480 e. The average Bonchev–Trinajstić information content (AvgIpc) is 2.27. The van der Waals surface area contributed by atoms with Crippen LogP contribution in [0.3, 0.4) is 0 Å². The third-order valence-electron chi connectivity index (χ3n) is 2.24. The van der Waals surface area contributed by atoms with Crippen molar-refractivity contribution in [3.8, 4) is 0 Å². The lowest BCUT2D eigenvalue weighted by Gasteiger charge is -2.12. The highest BCUT2D eigenvalue weighted by Crippen LogP contribution is 2.07. The SMILES string of the molecule is CC(=O)N[C@@H](CS(=O)Cc1cccc(F)c1)C(=O)O. The van der Waals surface area contributed by atoms with Crippen LogP contribution < -0.4 is 5.32 Å². The van der Waals surface area contributed by atoms with Crippen molar-refractivity contribution in [2.75, 3.05) is 5.75 Å². The van der Waals surface area contributed by atoms with Crippen molar-refractivity contribution >= 4 is 22.7 Å². The number of halogens is 1. The van der Waals surface area contributed by atoms with Crippen LogP contribution in [0.25, 0.3) is 0 Å². The van der Waals surface area contributed by atoms with E-state index in [2.05, 4.69) is 5.32 Å². The maximum absolute atomic E-state index is 12.9. The van der Waals surface area contributed by atoms with Crippen molar-refractivity contribution < 1.29 is 23.3 Å². The van der Waals surface area contributed by atoms with Crippen LogP contribution in [0, 0.1) is 5.82 Å². The van der Waals surface area contributed by atoms with Gasteiger partial charge in [-0.2, -0.15) is 0 Å². The molecule has 0 heterocycles. The minimum Gasteiger partial charge on any atom is -0.480 e. The number of amides is 1. The highest BCUT2D eigenvalue weighted by Gasteiger charge is 2.21. The van der Waals surface area contributed by atoms with Crippen LogP contribution in [-0.2, 0) is 26.1 Å². The van der Waals surface area contributed by atoms with Gasteiger partial charge in [-0.15, -0.1) is 0 Å². The summed E-state index contributed by atoms with van der Waals surface area (Å²) in [5, 5.41) is 11.1. The second-order valence-corrected chi connectivity index (χ2v) is 5.47. The van der Waals surface area contributed by atoms with E-state index >= 15 is 0 Å². The second-order valence-electron chi connectivity index (χ2n) is 3.97. The number of hydrogen-bond acceptors (Lipinski definition) is 3. The zero-order chi connectivity index (χ0) is 14.4. The number of aliphatic carboxylic acids is 1. The normalized spacial score (nSPS) is 13.6. The lowest BCUT2D eigenvalue weighted by Crippen LogP contribution is -2.43. The molecule has 0 saturated carbocycles. The minimum atomic E-state index is -1.51. The summed E-state index contributed by atoms with van der Waals surface area (Å²) in [4.78, 5) is 21.7. The first-order chi connectivity index (χ1) is 8.88. The maximum Gasteiger partial charge on any atom is 0.327 e. The second kappa shape index (κ2) is 6.98. The number of rotatable bonds is 6. The van der Waals surface area contributed by atoms with Gasteiger partial charge in [0.2, 0.25) is 5.91 Å². The molecule has 0 aliphatic heterocycles. The monoisotopic (exact) mass is 287 g/mol. The Hall–Kier alpha value is -1.76. The van der Waals surface area contributed by atoms with Crippen molar-refractivity contribution in [1.29, 1.82) is 0 Å². The summed E-state index contributed by atoms with van der Waals surface area (Å²) in [5.41, 5.74) is 0.519. The number of carbonyl (C=O) groups is 2. The van der Waals surface area contributed by atoms with E-state index in [9.17, 15) is 18.2 Å². The van der Waals surface area contributed by atoms with Gasteiger partial charge in [-0.25, -0.2) is 9.18 Å². The van der Waals surface area contributed by atoms with Gasteiger partial charge in [0, 0.05) is 23.5 Å². The lowest BCUT2D eigenvalue weighted by molar-refractivity contribution is -0.140. The Labute approximate surface area is 112 Å². The van der Waals surface area contributed by atoms with Gasteiger partial charge in [-0.3, -0.25) is 9.00 Å². The van der Waals surface area contributed by atoms with E-state index in [-0.39, 0.29) is 11.5 Å². The van der Waals surface area contributed by atoms with Gasteiger partial charge in [-0.1, -0.05) is 12.1 Å². The van der Waals surface area contributed by atoms with Crippen LogP contribution in [0.2, 0.25) is 0 Å².